The van der Waals surface area contributed by atoms with Crippen LogP contribution in [0.1, 0.15) is 19.3 Å². The van der Waals surface area contributed by atoms with E-state index in [0.717, 1.165) is 50.5 Å². The average molecular weight is 289 g/mol. The predicted octanol–water partition coefficient (Wildman–Crippen LogP) is 1.73. The molecule has 1 saturated carbocycles. The van der Waals surface area contributed by atoms with Gasteiger partial charge >= 0.3 is 0 Å². The molecule has 0 bridgehead atoms. The highest BCUT2D eigenvalue weighted by molar-refractivity contribution is 5.80. The Morgan fingerprint density at radius 2 is 1.95 bits per heavy atom. The Kier molecular flexibility index (Phi) is 3.90. The minimum absolute atomic E-state index is 0.294. The fourth-order valence-corrected chi connectivity index (χ4v) is 3.04. The molecule has 1 amide bonds. The zero-order valence-corrected chi connectivity index (χ0v) is 12.5. The smallest absolute Gasteiger partial charge is 0.225 e. The topological polar surface area (TPSA) is 58.8 Å². The lowest BCUT2D eigenvalue weighted by Crippen LogP contribution is -2.51. The van der Waals surface area contributed by atoms with Crippen LogP contribution < -0.4 is 15.4 Å². The molecule has 0 atom stereocenters. The second-order valence-electron chi connectivity index (χ2n) is 5.87. The van der Waals surface area contributed by atoms with Gasteiger partial charge in [-0.05, 0) is 25.0 Å². The van der Waals surface area contributed by atoms with Gasteiger partial charge in [0.15, 0.2) is 0 Å². The number of benzene rings is 1. The van der Waals surface area contributed by atoms with Crippen molar-refractivity contribution in [1.29, 1.82) is 0 Å². The zero-order valence-electron chi connectivity index (χ0n) is 12.5. The lowest BCUT2D eigenvalue weighted by molar-refractivity contribution is -0.138. The average Bonchev–Trinajstić information content (AvgIpc) is 2.45. The number of nitrogens with two attached hydrogens (primary N) is 1. The van der Waals surface area contributed by atoms with Gasteiger partial charge in [-0.3, -0.25) is 4.79 Å². The van der Waals surface area contributed by atoms with Crippen molar-refractivity contribution in [3.63, 3.8) is 0 Å². The first kappa shape index (κ1) is 14.0. The number of nitrogens with zero attached hydrogens (tertiary/aromatic N) is 2. The first-order valence-corrected chi connectivity index (χ1v) is 7.66. The summed E-state index contributed by atoms with van der Waals surface area (Å²) in [5, 5.41) is 0. The van der Waals surface area contributed by atoms with Gasteiger partial charge in [-0.15, -0.1) is 0 Å². The molecular weight excluding hydrogens is 266 g/mol. The molecule has 1 aliphatic carbocycles. The number of nitrogen functional groups attached to an aromatic ring is 1. The van der Waals surface area contributed by atoms with Crippen molar-refractivity contribution in [2.75, 3.05) is 43.9 Å². The highest BCUT2D eigenvalue weighted by Gasteiger charge is 2.31. The second-order valence-corrected chi connectivity index (χ2v) is 5.87. The predicted molar refractivity (Wildman–Crippen MR) is 83.5 cm³/mol. The lowest BCUT2D eigenvalue weighted by atomic mass is 9.84. The van der Waals surface area contributed by atoms with Crippen LogP contribution in [0.3, 0.4) is 0 Å². The number of carbonyl (C=O) groups is 1. The Hall–Kier alpha value is -1.91. The number of amides is 1. The van der Waals surface area contributed by atoms with Crippen LogP contribution in [0.15, 0.2) is 18.2 Å². The SMILES string of the molecule is COc1cc(N)ccc1N1CCN(C(=O)C2CCC2)CC1. The van der Waals surface area contributed by atoms with Gasteiger partial charge in [-0.1, -0.05) is 6.42 Å². The summed E-state index contributed by atoms with van der Waals surface area (Å²) < 4.78 is 5.42. The van der Waals surface area contributed by atoms with E-state index in [9.17, 15) is 4.79 Å². The van der Waals surface area contributed by atoms with E-state index < -0.39 is 0 Å². The molecule has 21 heavy (non-hydrogen) atoms. The third kappa shape index (κ3) is 2.77. The Morgan fingerprint density at radius 1 is 1.24 bits per heavy atom. The standard InChI is InChI=1S/C16H23N3O2/c1-21-15-11-13(17)5-6-14(15)18-7-9-19(10-8-18)16(20)12-3-2-4-12/h5-6,11-12H,2-4,7-10,17H2,1H3. The van der Waals surface area contributed by atoms with Crippen LogP contribution in [-0.2, 0) is 4.79 Å². The normalized spacial score (nSPS) is 19.3. The molecule has 5 nitrogen and oxygen atoms in total. The van der Waals surface area contributed by atoms with Gasteiger partial charge in [-0.25, -0.2) is 0 Å². The van der Waals surface area contributed by atoms with Gasteiger partial charge in [0.1, 0.15) is 5.75 Å². The number of rotatable bonds is 3. The maximum Gasteiger partial charge on any atom is 0.225 e. The van der Waals surface area contributed by atoms with Crippen LogP contribution in [0.25, 0.3) is 0 Å². The first-order chi connectivity index (χ1) is 10.2. The van der Waals surface area contributed by atoms with E-state index in [1.807, 2.05) is 23.1 Å². The lowest BCUT2D eigenvalue weighted by Gasteiger charge is -2.39. The fourth-order valence-electron chi connectivity index (χ4n) is 3.04. The van der Waals surface area contributed by atoms with Crippen molar-refractivity contribution in [3.8, 4) is 5.75 Å². The Bertz CT molecular complexity index is 520. The summed E-state index contributed by atoms with van der Waals surface area (Å²) in [5.41, 5.74) is 7.56. The fraction of sp³-hybridized carbons (Fsp3) is 0.562. The van der Waals surface area contributed by atoms with E-state index in [4.69, 9.17) is 10.5 Å². The van der Waals surface area contributed by atoms with Gasteiger partial charge in [0, 0.05) is 43.9 Å². The van der Waals surface area contributed by atoms with E-state index in [2.05, 4.69) is 4.90 Å². The molecule has 1 aliphatic heterocycles. The minimum Gasteiger partial charge on any atom is -0.495 e. The number of ether oxygens (including phenoxy) is 1. The van der Waals surface area contributed by atoms with Crippen LogP contribution in [0, 0.1) is 5.92 Å². The minimum atomic E-state index is 0.294. The Balaban J connectivity index is 1.64. The molecular formula is C16H23N3O2. The van der Waals surface area contributed by atoms with Gasteiger partial charge in [0.25, 0.3) is 0 Å². The summed E-state index contributed by atoms with van der Waals surface area (Å²) in [6.07, 6.45) is 3.36. The van der Waals surface area contributed by atoms with Gasteiger partial charge in [0.2, 0.25) is 5.91 Å². The van der Waals surface area contributed by atoms with Crippen molar-refractivity contribution in [2.45, 2.75) is 19.3 Å². The molecule has 1 heterocycles. The van der Waals surface area contributed by atoms with Gasteiger partial charge in [0.05, 0.1) is 12.8 Å². The summed E-state index contributed by atoms with van der Waals surface area (Å²) in [4.78, 5) is 16.5. The molecule has 0 aromatic heterocycles. The zero-order chi connectivity index (χ0) is 14.8. The summed E-state index contributed by atoms with van der Waals surface area (Å²) in [5.74, 6) is 1.45. The van der Waals surface area contributed by atoms with Gasteiger partial charge in [-0.2, -0.15) is 0 Å². The maximum absolute atomic E-state index is 12.3. The second kappa shape index (κ2) is 5.84. The molecule has 2 N–H and O–H groups in total. The molecule has 1 aromatic rings. The van der Waals surface area contributed by atoms with Crippen LogP contribution in [0.2, 0.25) is 0 Å². The monoisotopic (exact) mass is 289 g/mol. The third-order valence-corrected chi connectivity index (χ3v) is 4.59. The Morgan fingerprint density at radius 3 is 2.52 bits per heavy atom. The first-order valence-electron chi connectivity index (χ1n) is 7.66. The third-order valence-electron chi connectivity index (χ3n) is 4.59. The van der Waals surface area contributed by atoms with Crippen LogP contribution >= 0.6 is 0 Å². The molecule has 114 valence electrons. The van der Waals surface area contributed by atoms with Crippen molar-refractivity contribution in [1.82, 2.24) is 4.90 Å². The molecule has 0 spiro atoms. The van der Waals surface area contributed by atoms with Crippen molar-refractivity contribution >= 4 is 17.3 Å². The van der Waals surface area contributed by atoms with Crippen molar-refractivity contribution < 1.29 is 9.53 Å². The number of hydrogen-bond donors (Lipinski definition) is 1. The van der Waals surface area contributed by atoms with Crippen LogP contribution in [0.5, 0.6) is 5.75 Å². The number of anilines is 2. The molecule has 1 saturated heterocycles. The summed E-state index contributed by atoms with van der Waals surface area (Å²) in [7, 11) is 1.66. The van der Waals surface area contributed by atoms with Crippen molar-refractivity contribution in [3.05, 3.63) is 18.2 Å². The number of hydrogen-bond acceptors (Lipinski definition) is 4. The molecule has 1 aromatic carbocycles. The highest BCUT2D eigenvalue weighted by atomic mass is 16.5. The summed E-state index contributed by atoms with van der Waals surface area (Å²) >= 11 is 0. The number of methoxy groups -OCH3 is 1. The van der Waals surface area contributed by atoms with Gasteiger partial charge < -0.3 is 20.3 Å². The number of carbonyl (C=O) groups excluding carboxylic acids is 1. The maximum atomic E-state index is 12.3. The Labute approximate surface area is 125 Å². The van der Waals surface area contributed by atoms with Crippen molar-refractivity contribution in [2.24, 2.45) is 5.92 Å². The van der Waals surface area contributed by atoms with E-state index in [1.54, 1.807) is 7.11 Å². The molecule has 3 rings (SSSR count). The molecule has 2 fully saturated rings. The summed E-state index contributed by atoms with van der Waals surface area (Å²) in [6, 6.07) is 5.74. The molecule has 2 aliphatic rings. The summed E-state index contributed by atoms with van der Waals surface area (Å²) in [6.45, 7) is 3.28. The highest BCUT2D eigenvalue weighted by Crippen LogP contribution is 2.32. The quantitative estimate of drug-likeness (QED) is 0.861. The largest absolute Gasteiger partial charge is 0.495 e. The van der Waals surface area contributed by atoms with Crippen LogP contribution in [-0.4, -0.2) is 44.1 Å². The number of piperazine rings is 1. The van der Waals surface area contributed by atoms with E-state index >= 15 is 0 Å². The van der Waals surface area contributed by atoms with E-state index in [1.165, 1.54) is 6.42 Å². The molecule has 0 radical (unpaired) electrons. The molecule has 0 unspecified atom stereocenters. The van der Waals surface area contributed by atoms with E-state index in [-0.39, 0.29) is 0 Å². The van der Waals surface area contributed by atoms with E-state index in [0.29, 0.717) is 17.5 Å². The van der Waals surface area contributed by atoms with Crippen LogP contribution in [0.4, 0.5) is 11.4 Å². The molecule has 5 heteroatoms.